The van der Waals surface area contributed by atoms with Crippen LogP contribution in [0.25, 0.3) is 0 Å². The first-order valence-corrected chi connectivity index (χ1v) is 12.3. The van der Waals surface area contributed by atoms with Gasteiger partial charge in [0.2, 0.25) is 0 Å². The molecule has 12 nitrogen and oxygen atoms in total. The Balaban J connectivity index is 2.98. The van der Waals surface area contributed by atoms with E-state index in [9.17, 15) is 43.6 Å². The molecule has 1 unspecified atom stereocenters. The van der Waals surface area contributed by atoms with Crippen molar-refractivity contribution in [2.75, 3.05) is 13.2 Å². The average molecular weight is 471 g/mol. The molecule has 1 rings (SSSR count). The summed E-state index contributed by atoms with van der Waals surface area (Å²) in [6.07, 6.45) is -12.0. The van der Waals surface area contributed by atoms with Crippen LogP contribution in [0.5, 0.6) is 0 Å². The number of hydrogen-bond acceptors (Lipinski definition) is 12. The predicted octanol–water partition coefficient (Wildman–Crippen LogP) is -5.14. The third-order valence-corrected chi connectivity index (χ3v) is 10.5. The molecule has 156 valence electrons. The minimum absolute atomic E-state index is 0.00452. The topological polar surface area (TPSA) is 228 Å². The summed E-state index contributed by atoms with van der Waals surface area (Å²) in [7, 11) is -5.38. The van der Waals surface area contributed by atoms with Gasteiger partial charge in [-0.2, -0.15) is 0 Å². The van der Waals surface area contributed by atoms with Crippen molar-refractivity contribution >= 4 is 24.3 Å². The first kappa shape index (κ1) is 24.1. The van der Waals surface area contributed by atoms with Crippen molar-refractivity contribution in [2.45, 2.75) is 58.2 Å². The zero-order valence-electron chi connectivity index (χ0n) is 13.5. The molecule has 0 saturated carbocycles. The second kappa shape index (κ2) is 10.0. The van der Waals surface area contributed by atoms with Crippen molar-refractivity contribution in [1.29, 1.82) is 0 Å². The van der Waals surface area contributed by atoms with Gasteiger partial charge >= 0.3 is 154 Å². The Hall–Kier alpha value is 0.0695. The normalized spacial score (nSPS) is 32.8. The molecule has 1 aliphatic rings. The molecule has 1 aliphatic heterocycles. The van der Waals surface area contributed by atoms with E-state index in [1.165, 1.54) is 0 Å². The SMILES string of the molecule is O=S(=O)([O-])O[C@@H]([C@H](O)[C@H](O)CO)[C@@H](O)C[Se+]1C[C@@H](O)[C@@H](O)[C@@H]1[C@@H](O)CO. The fourth-order valence-electron chi connectivity index (χ4n) is 2.70. The zero-order valence-corrected chi connectivity index (χ0v) is 16.0. The Morgan fingerprint density at radius 2 is 1.65 bits per heavy atom. The predicted molar refractivity (Wildman–Crippen MR) is 83.9 cm³/mol. The standard InChI is InChI=1S/C12H24O12SSe/c13-1-5(15)9(19)11(24-25(21,22)23)8(18)4-26-3-7(17)10(20)12(26)6(16)2-14/h5-20H,1-4H2/t5-,6+,7-,8+,9-,10-,11-,12+,26?/m1/s1. The van der Waals surface area contributed by atoms with Crippen molar-refractivity contribution in [3.05, 3.63) is 0 Å². The number of aliphatic hydroxyl groups is 8. The molecule has 0 bridgehead atoms. The second-order valence-corrected chi connectivity index (χ2v) is 11.7. The molecule has 8 N–H and O–H groups in total. The van der Waals surface area contributed by atoms with Crippen LogP contribution in [0.2, 0.25) is 15.5 Å². The van der Waals surface area contributed by atoms with Gasteiger partial charge in [-0.15, -0.1) is 0 Å². The summed E-state index contributed by atoms with van der Waals surface area (Å²) < 4.78 is 36.6. The molecule has 0 spiro atoms. The Bertz CT molecular complexity index is 532. The quantitative estimate of drug-likeness (QED) is 0.0850. The van der Waals surface area contributed by atoms with Crippen molar-refractivity contribution in [2.24, 2.45) is 0 Å². The summed E-state index contributed by atoms with van der Waals surface area (Å²) in [6.45, 7) is -1.72. The number of aliphatic hydroxyl groups excluding tert-OH is 8. The molecule has 0 aromatic heterocycles. The van der Waals surface area contributed by atoms with Crippen molar-refractivity contribution in [3.63, 3.8) is 0 Å². The van der Waals surface area contributed by atoms with E-state index in [-0.39, 0.29) is 10.6 Å². The molecule has 0 radical (unpaired) electrons. The molecule has 26 heavy (non-hydrogen) atoms. The summed E-state index contributed by atoms with van der Waals surface area (Å²) in [6, 6.07) is 0. The molecular weight excluding hydrogens is 447 g/mol. The van der Waals surface area contributed by atoms with Crippen molar-refractivity contribution in [1.82, 2.24) is 0 Å². The van der Waals surface area contributed by atoms with Crippen molar-refractivity contribution < 1.29 is 58.0 Å². The van der Waals surface area contributed by atoms with E-state index in [2.05, 4.69) is 4.18 Å². The Morgan fingerprint density at radius 1 is 1.08 bits per heavy atom. The maximum atomic E-state index is 10.8. The third kappa shape index (κ3) is 6.31. The number of hydrogen-bond donors (Lipinski definition) is 8. The molecule has 14 heteroatoms. The van der Waals surface area contributed by atoms with Gasteiger partial charge in [0.05, 0.1) is 0 Å². The van der Waals surface area contributed by atoms with Gasteiger partial charge in [-0.1, -0.05) is 0 Å². The molecule has 0 aromatic rings. The molecule has 0 aromatic carbocycles. The average Bonchev–Trinajstić information content (AvgIpc) is 2.83. The monoisotopic (exact) mass is 472 g/mol. The van der Waals surface area contributed by atoms with E-state index in [1.54, 1.807) is 0 Å². The molecule has 9 atom stereocenters. The second-order valence-electron chi connectivity index (χ2n) is 5.92. The summed E-state index contributed by atoms with van der Waals surface area (Å²) >= 11 is -2.28. The van der Waals surface area contributed by atoms with Crippen LogP contribution >= 0.6 is 0 Å². The molecule has 0 amide bonds. The van der Waals surface area contributed by atoms with E-state index in [1.807, 2.05) is 0 Å². The third-order valence-electron chi connectivity index (χ3n) is 3.98. The van der Waals surface area contributed by atoms with Crippen LogP contribution in [0.15, 0.2) is 0 Å². The van der Waals surface area contributed by atoms with E-state index >= 15 is 0 Å². The van der Waals surface area contributed by atoms with E-state index in [4.69, 9.17) is 10.2 Å². The van der Waals surface area contributed by atoms with Gasteiger partial charge in [0.25, 0.3) is 0 Å². The fourth-order valence-corrected chi connectivity index (χ4v) is 9.41. The molecule has 1 fully saturated rings. The molecule has 1 heterocycles. The fraction of sp³-hybridized carbons (Fsp3) is 1.00. The van der Waals surface area contributed by atoms with Gasteiger partial charge in [-0.3, -0.25) is 0 Å². The Morgan fingerprint density at radius 3 is 2.12 bits per heavy atom. The summed E-state index contributed by atoms with van der Waals surface area (Å²) in [5.74, 6) is 0. The van der Waals surface area contributed by atoms with E-state index in [0.717, 1.165) is 0 Å². The van der Waals surface area contributed by atoms with Crippen LogP contribution in [0, 0.1) is 0 Å². The maximum absolute atomic E-state index is 10.8. The Kier molecular flexibility index (Phi) is 9.29. The first-order chi connectivity index (χ1) is 11.9. The van der Waals surface area contributed by atoms with Crippen LogP contribution < -0.4 is 0 Å². The summed E-state index contributed by atoms with van der Waals surface area (Å²) in [5.41, 5.74) is 0. The summed E-state index contributed by atoms with van der Waals surface area (Å²) in [4.78, 5) is -0.950. The zero-order chi connectivity index (χ0) is 20.2. The van der Waals surface area contributed by atoms with Gasteiger partial charge in [0.15, 0.2) is 0 Å². The Labute approximate surface area is 154 Å². The van der Waals surface area contributed by atoms with Crippen molar-refractivity contribution in [3.8, 4) is 0 Å². The van der Waals surface area contributed by atoms with Gasteiger partial charge in [0.1, 0.15) is 0 Å². The number of rotatable bonds is 10. The molecule has 1 saturated heterocycles. The van der Waals surface area contributed by atoms with Gasteiger partial charge in [0, 0.05) is 0 Å². The van der Waals surface area contributed by atoms with E-state index < -0.39 is 85.1 Å². The van der Waals surface area contributed by atoms with Crippen LogP contribution in [0.3, 0.4) is 0 Å². The minimum atomic E-state index is -5.38. The van der Waals surface area contributed by atoms with Crippen LogP contribution in [-0.2, 0) is 14.6 Å². The van der Waals surface area contributed by atoms with Gasteiger partial charge in [-0.25, -0.2) is 0 Å². The molecule has 0 aliphatic carbocycles. The molecular formula is C12H24O12SSe. The van der Waals surface area contributed by atoms with Crippen LogP contribution in [-0.4, -0.2) is 124 Å². The van der Waals surface area contributed by atoms with Crippen LogP contribution in [0.4, 0.5) is 0 Å². The summed E-state index contributed by atoms with van der Waals surface area (Å²) in [5, 5.41) is 76.6. The van der Waals surface area contributed by atoms with E-state index in [0.29, 0.717) is 0 Å². The first-order valence-electron chi connectivity index (χ1n) is 7.53. The van der Waals surface area contributed by atoms with Crippen LogP contribution in [0.1, 0.15) is 0 Å². The van der Waals surface area contributed by atoms with Gasteiger partial charge < -0.3 is 0 Å². The van der Waals surface area contributed by atoms with Gasteiger partial charge in [-0.05, 0) is 0 Å².